The first-order chi connectivity index (χ1) is 22.1. The van der Waals surface area contributed by atoms with Crippen molar-refractivity contribution < 1.29 is 23.1 Å². The number of carbonyl (C=O) groups excluding carboxylic acids is 1. The highest BCUT2D eigenvalue weighted by Crippen LogP contribution is 2.24. The van der Waals surface area contributed by atoms with Crippen LogP contribution in [0.4, 0.5) is 11.4 Å². The van der Waals surface area contributed by atoms with Gasteiger partial charge in [-0.2, -0.15) is 0 Å². The zero-order chi connectivity index (χ0) is 32.6. The number of aliphatic hydroxyl groups is 1. The third kappa shape index (κ3) is 9.04. The number of aliphatic hydroxyl groups excluding tert-OH is 1. The highest BCUT2D eigenvalue weighted by Gasteiger charge is 2.20. The number of nitrogens with zero attached hydrogens (tertiary/aromatic N) is 1. The van der Waals surface area contributed by atoms with E-state index in [9.17, 15) is 18.3 Å². The average Bonchev–Trinajstić information content (AvgIpc) is 3.46. The Bertz CT molecular complexity index is 1860. The van der Waals surface area contributed by atoms with E-state index in [0.717, 1.165) is 29.4 Å². The Morgan fingerprint density at radius 1 is 0.891 bits per heavy atom. The van der Waals surface area contributed by atoms with Crippen molar-refractivity contribution >= 4 is 38.2 Å². The van der Waals surface area contributed by atoms with Crippen LogP contribution in [0.1, 0.15) is 37.5 Å². The van der Waals surface area contributed by atoms with E-state index in [-0.39, 0.29) is 22.9 Å². The van der Waals surface area contributed by atoms with Crippen LogP contribution in [0, 0.1) is 0 Å². The van der Waals surface area contributed by atoms with Gasteiger partial charge in [-0.3, -0.25) is 9.52 Å². The second-order valence-corrected chi connectivity index (χ2v) is 13.6. The number of nitrogens with one attached hydrogen (secondary N) is 3. The summed E-state index contributed by atoms with van der Waals surface area (Å²) in [5, 5.41) is 18.3. The Labute approximate surface area is 270 Å². The Morgan fingerprint density at radius 3 is 2.39 bits per heavy atom. The second kappa shape index (κ2) is 14.7. The van der Waals surface area contributed by atoms with Crippen LogP contribution in [-0.4, -0.2) is 42.7 Å². The van der Waals surface area contributed by atoms with Gasteiger partial charge in [0.1, 0.15) is 6.61 Å². The van der Waals surface area contributed by atoms with Crippen molar-refractivity contribution in [2.75, 3.05) is 23.2 Å². The largest absolute Gasteiger partial charge is 0.387 e. The lowest BCUT2D eigenvalue weighted by Crippen LogP contribution is -2.42. The number of β-amino-alcohol motifs (C(OH)–C–C–N with tert-alkyl or cyclic N) is 1. The van der Waals surface area contributed by atoms with Crippen LogP contribution in [0.2, 0.25) is 0 Å². The first-order valence-corrected chi connectivity index (χ1v) is 16.7. The molecule has 1 heterocycles. The molecule has 0 saturated carbocycles. The molecular formula is C36H40N4O5S. The van der Waals surface area contributed by atoms with Crippen LogP contribution in [0.15, 0.2) is 120 Å². The van der Waals surface area contributed by atoms with Gasteiger partial charge in [-0.05, 0) is 79.9 Å². The lowest BCUT2D eigenvalue weighted by molar-refractivity contribution is -0.121. The van der Waals surface area contributed by atoms with Gasteiger partial charge in [0.2, 0.25) is 5.91 Å². The van der Waals surface area contributed by atoms with Crippen LogP contribution >= 0.6 is 0 Å². The molecule has 9 nitrogen and oxygen atoms in total. The maximum atomic E-state index is 12.7. The van der Waals surface area contributed by atoms with Crippen LogP contribution in [0.3, 0.4) is 0 Å². The fourth-order valence-electron chi connectivity index (χ4n) is 5.11. The van der Waals surface area contributed by atoms with E-state index in [1.165, 1.54) is 12.1 Å². The van der Waals surface area contributed by atoms with Crippen molar-refractivity contribution in [2.45, 2.75) is 50.0 Å². The van der Waals surface area contributed by atoms with Crippen molar-refractivity contribution in [3.63, 3.8) is 0 Å². The Morgan fingerprint density at radius 2 is 1.63 bits per heavy atom. The molecule has 5 aromatic rings. The molecule has 4 aromatic carbocycles. The van der Waals surface area contributed by atoms with E-state index in [0.29, 0.717) is 30.1 Å². The molecule has 0 aliphatic rings. The summed E-state index contributed by atoms with van der Waals surface area (Å²) in [6.07, 6.45) is 1.99. The first-order valence-electron chi connectivity index (χ1n) is 15.2. The summed E-state index contributed by atoms with van der Waals surface area (Å²) in [6.45, 7) is 5.57. The summed E-state index contributed by atoms with van der Waals surface area (Å²) in [7, 11) is -3.73. The zero-order valence-corrected chi connectivity index (χ0v) is 26.8. The molecule has 5 rings (SSSR count). The van der Waals surface area contributed by atoms with Gasteiger partial charge in [0.15, 0.2) is 0 Å². The number of rotatable bonds is 15. The van der Waals surface area contributed by atoms with E-state index in [2.05, 4.69) is 33.8 Å². The molecule has 1 amide bonds. The molecule has 10 heteroatoms. The van der Waals surface area contributed by atoms with Crippen LogP contribution in [0.5, 0.6) is 0 Å². The molecule has 1 atom stereocenters. The quantitative estimate of drug-likeness (QED) is 0.110. The number of carbonyl (C=O) groups is 1. The van der Waals surface area contributed by atoms with Crippen molar-refractivity contribution in [1.29, 1.82) is 0 Å². The van der Waals surface area contributed by atoms with E-state index < -0.39 is 16.1 Å². The van der Waals surface area contributed by atoms with Gasteiger partial charge in [0.25, 0.3) is 10.0 Å². The number of benzene rings is 4. The summed E-state index contributed by atoms with van der Waals surface area (Å²) in [5.41, 5.74) is 3.49. The van der Waals surface area contributed by atoms with E-state index in [1.807, 2.05) is 60.8 Å². The van der Waals surface area contributed by atoms with Gasteiger partial charge < -0.3 is 25.0 Å². The van der Waals surface area contributed by atoms with Crippen molar-refractivity contribution in [3.05, 3.63) is 127 Å². The van der Waals surface area contributed by atoms with Crippen LogP contribution in [-0.2, 0) is 32.7 Å². The zero-order valence-electron chi connectivity index (χ0n) is 26.0. The summed E-state index contributed by atoms with van der Waals surface area (Å²) in [4.78, 5) is 12.6. The number of aromatic nitrogens is 1. The third-order valence-corrected chi connectivity index (χ3v) is 9.13. The van der Waals surface area contributed by atoms with Gasteiger partial charge in [-0.25, -0.2) is 8.42 Å². The minimum Gasteiger partial charge on any atom is -0.387 e. The Balaban J connectivity index is 1.10. The molecule has 0 saturated heterocycles. The summed E-state index contributed by atoms with van der Waals surface area (Å²) < 4.78 is 35.7. The highest BCUT2D eigenvalue weighted by molar-refractivity contribution is 7.92. The first kappa shape index (κ1) is 32.9. The second-order valence-electron chi connectivity index (χ2n) is 11.9. The summed E-state index contributed by atoms with van der Waals surface area (Å²) >= 11 is 0. The molecule has 240 valence electrons. The van der Waals surface area contributed by atoms with Crippen LogP contribution < -0.4 is 15.4 Å². The van der Waals surface area contributed by atoms with E-state index in [1.54, 1.807) is 42.5 Å². The normalized spacial score (nSPS) is 12.6. The molecule has 0 unspecified atom stereocenters. The monoisotopic (exact) mass is 640 g/mol. The lowest BCUT2D eigenvalue weighted by atomic mass is 9.99. The van der Waals surface area contributed by atoms with E-state index in [4.69, 9.17) is 4.74 Å². The Hall–Kier alpha value is -4.48. The molecule has 4 N–H and O–H groups in total. The molecule has 0 radical (unpaired) electrons. The standard InChI is InChI=1S/C36H40N4O5S/c1-36(2,37-24-34(41)29-12-9-13-31(23-29)39-46(43,44)32-14-7-4-8-15-32)19-21-40-20-18-28-22-30(16-17-33(28)40)38-35(42)26-45-25-27-10-5-3-6-11-27/h3-18,20,22-23,34,37,39,41H,19,21,24-26H2,1-2H3,(H,38,42)/t34-/m0/s1. The molecule has 0 bridgehead atoms. The van der Waals surface area contributed by atoms with Gasteiger partial charge in [0, 0.05) is 47.1 Å². The van der Waals surface area contributed by atoms with Gasteiger partial charge in [-0.1, -0.05) is 60.7 Å². The number of fused-ring (bicyclic) bond motifs is 1. The molecule has 46 heavy (non-hydrogen) atoms. The lowest BCUT2D eigenvalue weighted by Gasteiger charge is -2.28. The number of aryl methyl sites for hydroxylation is 1. The van der Waals surface area contributed by atoms with E-state index >= 15 is 0 Å². The van der Waals surface area contributed by atoms with Gasteiger partial charge >= 0.3 is 0 Å². The minimum absolute atomic E-state index is 0.0246. The smallest absolute Gasteiger partial charge is 0.261 e. The maximum Gasteiger partial charge on any atom is 0.261 e. The topological polar surface area (TPSA) is 122 Å². The number of anilines is 2. The fraction of sp³-hybridized carbons (Fsp3) is 0.250. The molecule has 0 spiro atoms. The minimum atomic E-state index is -3.73. The third-order valence-electron chi connectivity index (χ3n) is 7.73. The molecule has 0 aliphatic heterocycles. The summed E-state index contributed by atoms with van der Waals surface area (Å²) in [5.74, 6) is -0.204. The fourth-order valence-corrected chi connectivity index (χ4v) is 6.18. The highest BCUT2D eigenvalue weighted by atomic mass is 32.2. The Kier molecular flexibility index (Phi) is 10.5. The molecule has 0 fully saturated rings. The SMILES string of the molecule is CC(C)(CCn1ccc2cc(NC(=O)COCc3ccccc3)ccc21)NC[C@H](O)c1cccc(NS(=O)(=O)c2ccccc2)c1. The predicted molar refractivity (Wildman–Crippen MR) is 182 cm³/mol. The van der Waals surface area contributed by atoms with Crippen molar-refractivity contribution in [3.8, 4) is 0 Å². The maximum absolute atomic E-state index is 12.7. The van der Waals surface area contributed by atoms with Gasteiger partial charge in [-0.15, -0.1) is 0 Å². The number of ether oxygens (including phenoxy) is 1. The van der Waals surface area contributed by atoms with Crippen LogP contribution in [0.25, 0.3) is 10.9 Å². The molecule has 1 aromatic heterocycles. The number of hydrogen-bond donors (Lipinski definition) is 4. The van der Waals surface area contributed by atoms with Gasteiger partial charge in [0.05, 0.1) is 17.6 Å². The molecule has 0 aliphatic carbocycles. The summed E-state index contributed by atoms with van der Waals surface area (Å²) in [6, 6.07) is 32.6. The molecular weight excluding hydrogens is 600 g/mol. The van der Waals surface area contributed by atoms with Crippen molar-refractivity contribution in [2.24, 2.45) is 0 Å². The number of amides is 1. The number of hydrogen-bond acceptors (Lipinski definition) is 6. The average molecular weight is 641 g/mol. The predicted octanol–water partition coefficient (Wildman–Crippen LogP) is 6.09. The van der Waals surface area contributed by atoms with Crippen molar-refractivity contribution in [1.82, 2.24) is 9.88 Å². The number of sulfonamides is 1.